The number of nitrogens with one attached hydrogen (secondary N) is 2. The minimum Gasteiger partial charge on any atom is -0.424 e. The molecule has 0 aliphatic carbocycles. The number of pyridine rings is 1. The molecule has 0 bridgehead atoms. The fourth-order valence-electron chi connectivity index (χ4n) is 2.12. The van der Waals surface area contributed by atoms with E-state index in [9.17, 15) is 9.59 Å². The molecule has 0 unspecified atom stereocenters. The third-order valence-corrected chi connectivity index (χ3v) is 3.76. The van der Waals surface area contributed by atoms with Gasteiger partial charge in [0, 0.05) is 24.3 Å². The average molecular weight is 428 g/mol. The molecule has 27 heavy (non-hydrogen) atoms. The van der Waals surface area contributed by atoms with Gasteiger partial charge in [0.05, 0.1) is 4.47 Å². The molecule has 0 atom stereocenters. The third kappa shape index (κ3) is 5.08. The number of hydrogen-bond acceptors (Lipinski definition) is 6. The van der Waals surface area contributed by atoms with Crippen LogP contribution < -0.4 is 15.4 Å². The Bertz CT molecular complexity index is 964. The van der Waals surface area contributed by atoms with Crippen molar-refractivity contribution in [1.29, 1.82) is 0 Å². The van der Waals surface area contributed by atoms with Crippen molar-refractivity contribution in [2.45, 2.75) is 6.92 Å². The lowest BCUT2D eigenvalue weighted by molar-refractivity contribution is 0.0962. The van der Waals surface area contributed by atoms with E-state index < -0.39 is 11.9 Å². The lowest BCUT2D eigenvalue weighted by Gasteiger charge is -2.10. The summed E-state index contributed by atoms with van der Waals surface area (Å²) < 4.78 is 6.36. The van der Waals surface area contributed by atoms with Crippen LogP contribution in [-0.2, 0) is 0 Å². The summed E-state index contributed by atoms with van der Waals surface area (Å²) in [5.41, 5.74) is 1.42. The number of carbonyl (C=O) groups excluding carboxylic acids is 2. The molecule has 0 radical (unpaired) electrons. The topological polar surface area (TPSA) is 106 Å². The Kier molecular flexibility index (Phi) is 5.72. The van der Waals surface area contributed by atoms with E-state index in [0.29, 0.717) is 11.4 Å². The second kappa shape index (κ2) is 8.37. The van der Waals surface area contributed by atoms with Crippen LogP contribution in [0.5, 0.6) is 11.8 Å². The zero-order valence-electron chi connectivity index (χ0n) is 14.1. The van der Waals surface area contributed by atoms with Crippen LogP contribution in [0.25, 0.3) is 0 Å². The van der Waals surface area contributed by atoms with Gasteiger partial charge in [0.1, 0.15) is 11.4 Å². The fourth-order valence-corrected chi connectivity index (χ4v) is 2.32. The summed E-state index contributed by atoms with van der Waals surface area (Å²) in [4.78, 5) is 35.9. The van der Waals surface area contributed by atoms with E-state index in [1.54, 1.807) is 42.7 Å². The van der Waals surface area contributed by atoms with Crippen molar-refractivity contribution >= 4 is 33.6 Å². The first-order valence-electron chi connectivity index (χ1n) is 7.80. The van der Waals surface area contributed by atoms with Gasteiger partial charge in [0.15, 0.2) is 0 Å². The molecule has 0 aliphatic heterocycles. The predicted octanol–water partition coefficient (Wildman–Crippen LogP) is 3.70. The van der Waals surface area contributed by atoms with Crippen molar-refractivity contribution < 1.29 is 14.3 Å². The Hall–Kier alpha value is -3.33. The van der Waals surface area contributed by atoms with Gasteiger partial charge in [-0.25, -0.2) is 14.8 Å². The first kappa shape index (κ1) is 18.5. The average Bonchev–Trinajstić information content (AvgIpc) is 2.66. The monoisotopic (exact) mass is 427 g/mol. The minimum absolute atomic E-state index is 0.155. The molecular formula is C18H14BrN5O3. The molecule has 0 spiro atoms. The smallest absolute Gasteiger partial charge is 0.326 e. The number of benzene rings is 1. The van der Waals surface area contributed by atoms with Crippen molar-refractivity contribution in [3.05, 3.63) is 70.7 Å². The summed E-state index contributed by atoms with van der Waals surface area (Å²) in [5.74, 6) is -0.0370. The lowest BCUT2D eigenvalue weighted by atomic mass is 10.2. The number of hydrogen-bond donors (Lipinski definition) is 2. The van der Waals surface area contributed by atoms with Crippen molar-refractivity contribution in [3.63, 3.8) is 0 Å². The summed E-state index contributed by atoms with van der Waals surface area (Å²) in [7, 11) is 0. The summed E-state index contributed by atoms with van der Waals surface area (Å²) in [5, 5.41) is 4.81. The van der Waals surface area contributed by atoms with E-state index >= 15 is 0 Å². The highest BCUT2D eigenvalue weighted by atomic mass is 79.9. The van der Waals surface area contributed by atoms with E-state index in [0.717, 1.165) is 10.0 Å². The second-order valence-electron chi connectivity index (χ2n) is 5.39. The molecular weight excluding hydrogens is 414 g/mol. The summed E-state index contributed by atoms with van der Waals surface area (Å²) in [6, 6.07) is 9.45. The highest BCUT2D eigenvalue weighted by Gasteiger charge is 2.12. The van der Waals surface area contributed by atoms with Crippen molar-refractivity contribution in [1.82, 2.24) is 20.3 Å². The van der Waals surface area contributed by atoms with Crippen LogP contribution in [0.15, 0.2) is 59.5 Å². The zero-order valence-corrected chi connectivity index (χ0v) is 15.7. The number of carbonyl (C=O) groups is 2. The van der Waals surface area contributed by atoms with Crippen molar-refractivity contribution in [3.8, 4) is 11.8 Å². The van der Waals surface area contributed by atoms with Gasteiger partial charge in [-0.1, -0.05) is 6.07 Å². The number of imide groups is 1. The molecule has 0 saturated heterocycles. The molecule has 2 N–H and O–H groups in total. The Morgan fingerprint density at radius 2 is 1.85 bits per heavy atom. The Morgan fingerprint density at radius 3 is 2.52 bits per heavy atom. The maximum absolute atomic E-state index is 12.0. The number of ether oxygens (including phenoxy) is 1. The molecule has 2 heterocycles. The normalized spacial score (nSPS) is 10.1. The number of amides is 3. The largest absolute Gasteiger partial charge is 0.424 e. The molecule has 1 aromatic carbocycles. The number of aromatic nitrogens is 3. The second-order valence-corrected chi connectivity index (χ2v) is 6.31. The molecule has 0 fully saturated rings. The van der Waals surface area contributed by atoms with E-state index in [4.69, 9.17) is 4.74 Å². The maximum Gasteiger partial charge on any atom is 0.326 e. The van der Waals surface area contributed by atoms with Crippen LogP contribution in [0.4, 0.5) is 10.5 Å². The SMILES string of the molecule is Cc1cc(NC(=O)NC(=O)c2ccccn2)ccc1Oc1ncc(Br)cn1. The van der Waals surface area contributed by atoms with Gasteiger partial charge in [-0.05, 0) is 58.7 Å². The van der Waals surface area contributed by atoms with Crippen LogP contribution in [0.1, 0.15) is 16.1 Å². The number of urea groups is 1. The first-order chi connectivity index (χ1) is 13.0. The van der Waals surface area contributed by atoms with Gasteiger partial charge in [0.2, 0.25) is 0 Å². The number of nitrogens with zero attached hydrogens (tertiary/aromatic N) is 3. The van der Waals surface area contributed by atoms with E-state index in [2.05, 4.69) is 41.5 Å². The van der Waals surface area contributed by atoms with Gasteiger partial charge >= 0.3 is 12.0 Å². The molecule has 136 valence electrons. The number of aryl methyl sites for hydroxylation is 1. The van der Waals surface area contributed by atoms with Gasteiger partial charge in [-0.3, -0.25) is 15.1 Å². The molecule has 0 aliphatic rings. The Morgan fingerprint density at radius 1 is 1.07 bits per heavy atom. The van der Waals surface area contributed by atoms with Crippen LogP contribution in [0.2, 0.25) is 0 Å². The van der Waals surface area contributed by atoms with Gasteiger partial charge in [-0.2, -0.15) is 0 Å². The summed E-state index contributed by atoms with van der Waals surface area (Å²) in [6.07, 6.45) is 4.64. The van der Waals surface area contributed by atoms with Gasteiger partial charge in [0.25, 0.3) is 5.91 Å². The van der Waals surface area contributed by atoms with Gasteiger partial charge < -0.3 is 10.1 Å². The van der Waals surface area contributed by atoms with Crippen LogP contribution in [-0.4, -0.2) is 26.9 Å². The molecule has 9 heteroatoms. The summed E-state index contributed by atoms with van der Waals surface area (Å²) in [6.45, 7) is 1.82. The fraction of sp³-hybridized carbons (Fsp3) is 0.0556. The first-order valence-corrected chi connectivity index (χ1v) is 8.60. The lowest BCUT2D eigenvalue weighted by Crippen LogP contribution is -2.34. The standard InChI is InChI=1S/C18H14BrN5O3/c1-11-8-13(5-6-15(11)27-18-21-9-12(19)10-22-18)23-17(26)24-16(25)14-4-2-3-7-20-14/h2-10H,1H3,(H2,23,24,25,26). The number of halogens is 1. The van der Waals surface area contributed by atoms with E-state index in [1.807, 2.05) is 6.92 Å². The zero-order chi connectivity index (χ0) is 19.2. The quantitative estimate of drug-likeness (QED) is 0.657. The van der Waals surface area contributed by atoms with Crippen LogP contribution in [0.3, 0.4) is 0 Å². The summed E-state index contributed by atoms with van der Waals surface area (Å²) >= 11 is 3.25. The molecule has 8 nitrogen and oxygen atoms in total. The maximum atomic E-state index is 12.0. The molecule has 3 aromatic rings. The van der Waals surface area contributed by atoms with E-state index in [-0.39, 0.29) is 11.7 Å². The number of anilines is 1. The van der Waals surface area contributed by atoms with Crippen LogP contribution >= 0.6 is 15.9 Å². The Balaban J connectivity index is 1.62. The molecule has 3 amide bonds. The predicted molar refractivity (Wildman–Crippen MR) is 102 cm³/mol. The molecule has 0 saturated carbocycles. The minimum atomic E-state index is -0.657. The van der Waals surface area contributed by atoms with Gasteiger partial charge in [-0.15, -0.1) is 0 Å². The van der Waals surface area contributed by atoms with Crippen LogP contribution in [0, 0.1) is 6.92 Å². The molecule has 2 aromatic heterocycles. The Labute approximate surface area is 163 Å². The van der Waals surface area contributed by atoms with E-state index in [1.165, 1.54) is 12.3 Å². The van der Waals surface area contributed by atoms with Crippen molar-refractivity contribution in [2.24, 2.45) is 0 Å². The molecule has 3 rings (SSSR count). The number of rotatable bonds is 4. The van der Waals surface area contributed by atoms with Crippen molar-refractivity contribution in [2.75, 3.05) is 5.32 Å². The third-order valence-electron chi connectivity index (χ3n) is 3.36. The highest BCUT2D eigenvalue weighted by Crippen LogP contribution is 2.25. The highest BCUT2D eigenvalue weighted by molar-refractivity contribution is 9.10.